The number of tetrazole rings is 1. The fourth-order valence-corrected chi connectivity index (χ4v) is 3.42. The second-order valence-corrected chi connectivity index (χ2v) is 7.29. The summed E-state index contributed by atoms with van der Waals surface area (Å²) in [7, 11) is 1.60. The van der Waals surface area contributed by atoms with Gasteiger partial charge in [-0.3, -0.25) is 4.79 Å². The van der Waals surface area contributed by atoms with E-state index in [0.29, 0.717) is 22.3 Å². The molecule has 0 aliphatic carbocycles. The van der Waals surface area contributed by atoms with E-state index in [0.717, 1.165) is 11.4 Å². The number of ether oxygens (including phenoxy) is 2. The Hall–Kier alpha value is -3.85. The third-order valence-electron chi connectivity index (χ3n) is 4.19. The lowest BCUT2D eigenvalue weighted by Crippen LogP contribution is -2.14. The van der Waals surface area contributed by atoms with Crippen LogP contribution in [0.15, 0.2) is 84.0 Å². The minimum Gasteiger partial charge on any atom is -0.497 e. The zero-order valence-corrected chi connectivity index (χ0v) is 17.5. The Balaban J connectivity index is 1.33. The van der Waals surface area contributed by atoms with Gasteiger partial charge in [0.15, 0.2) is 0 Å². The number of carbonyl (C=O) groups excluding carboxylic acids is 1. The number of benzene rings is 3. The molecule has 156 valence electrons. The molecule has 4 rings (SSSR count). The SMILES string of the molecule is COc1cccc(-n2nnnc2SCC(=O)Nc2ccc(Oc3ccccc3)cc2)c1. The predicted octanol–water partition coefficient (Wildman–Crippen LogP) is 4.19. The van der Waals surface area contributed by atoms with Gasteiger partial charge in [0, 0.05) is 11.8 Å². The summed E-state index contributed by atoms with van der Waals surface area (Å²) >= 11 is 1.24. The van der Waals surface area contributed by atoms with Gasteiger partial charge in [-0.05, 0) is 59.0 Å². The van der Waals surface area contributed by atoms with Crippen molar-refractivity contribution in [2.45, 2.75) is 5.16 Å². The maximum Gasteiger partial charge on any atom is 0.234 e. The van der Waals surface area contributed by atoms with Gasteiger partial charge in [-0.15, -0.1) is 5.10 Å². The minimum absolute atomic E-state index is 0.159. The molecule has 1 N–H and O–H groups in total. The first-order valence-corrected chi connectivity index (χ1v) is 10.4. The van der Waals surface area contributed by atoms with E-state index < -0.39 is 0 Å². The molecular formula is C22H19N5O3S. The number of thioether (sulfide) groups is 1. The van der Waals surface area contributed by atoms with Crippen molar-refractivity contribution in [1.29, 1.82) is 0 Å². The molecule has 0 aliphatic rings. The van der Waals surface area contributed by atoms with Gasteiger partial charge in [0.25, 0.3) is 0 Å². The average molecular weight is 433 g/mol. The van der Waals surface area contributed by atoms with E-state index in [1.165, 1.54) is 11.8 Å². The summed E-state index contributed by atoms with van der Waals surface area (Å²) in [5.74, 6) is 2.14. The highest BCUT2D eigenvalue weighted by molar-refractivity contribution is 7.99. The topological polar surface area (TPSA) is 91.2 Å². The summed E-state index contributed by atoms with van der Waals surface area (Å²) in [6.45, 7) is 0. The number of methoxy groups -OCH3 is 1. The van der Waals surface area contributed by atoms with Gasteiger partial charge in [-0.2, -0.15) is 4.68 Å². The number of aromatic nitrogens is 4. The summed E-state index contributed by atoms with van der Waals surface area (Å²) in [6, 6.07) is 24.1. The molecule has 0 radical (unpaired) electrons. The Morgan fingerprint density at radius 3 is 2.48 bits per heavy atom. The first-order valence-electron chi connectivity index (χ1n) is 9.40. The van der Waals surface area contributed by atoms with E-state index in [9.17, 15) is 4.79 Å². The highest BCUT2D eigenvalue weighted by atomic mass is 32.2. The van der Waals surface area contributed by atoms with Crippen LogP contribution in [0.1, 0.15) is 0 Å². The number of anilines is 1. The van der Waals surface area contributed by atoms with E-state index in [-0.39, 0.29) is 11.7 Å². The Bertz CT molecular complexity index is 1150. The molecule has 1 heterocycles. The largest absolute Gasteiger partial charge is 0.497 e. The van der Waals surface area contributed by atoms with Gasteiger partial charge in [0.05, 0.1) is 18.6 Å². The minimum atomic E-state index is -0.165. The monoisotopic (exact) mass is 433 g/mol. The molecule has 4 aromatic rings. The maximum atomic E-state index is 12.4. The van der Waals surface area contributed by atoms with Crippen molar-refractivity contribution in [2.24, 2.45) is 0 Å². The fraction of sp³-hybridized carbons (Fsp3) is 0.0909. The van der Waals surface area contributed by atoms with Gasteiger partial charge < -0.3 is 14.8 Å². The van der Waals surface area contributed by atoms with Crippen LogP contribution in [-0.4, -0.2) is 39.0 Å². The molecule has 0 bridgehead atoms. The first-order chi connectivity index (χ1) is 15.2. The number of nitrogens with zero attached hydrogens (tertiary/aromatic N) is 4. The number of nitrogens with one attached hydrogen (secondary N) is 1. The molecule has 0 spiro atoms. The van der Waals surface area contributed by atoms with Crippen molar-refractivity contribution in [3.05, 3.63) is 78.9 Å². The van der Waals surface area contributed by atoms with Crippen LogP contribution < -0.4 is 14.8 Å². The standard InChI is InChI=1S/C22H19N5O3S/c1-29-20-9-5-6-17(14-20)27-22(24-25-26-27)31-15-21(28)23-16-10-12-19(13-11-16)30-18-7-3-2-4-8-18/h2-14H,15H2,1H3,(H,23,28). The lowest BCUT2D eigenvalue weighted by Gasteiger charge is -2.08. The molecular weight excluding hydrogens is 414 g/mol. The highest BCUT2D eigenvalue weighted by Crippen LogP contribution is 2.24. The summed E-state index contributed by atoms with van der Waals surface area (Å²) in [4.78, 5) is 12.4. The van der Waals surface area contributed by atoms with E-state index in [1.807, 2.05) is 54.6 Å². The summed E-state index contributed by atoms with van der Waals surface area (Å²) in [6.07, 6.45) is 0. The lowest BCUT2D eigenvalue weighted by atomic mass is 10.3. The fourth-order valence-electron chi connectivity index (χ4n) is 2.73. The van der Waals surface area contributed by atoms with Crippen LogP contribution in [0.3, 0.4) is 0 Å². The van der Waals surface area contributed by atoms with Gasteiger partial charge >= 0.3 is 0 Å². The summed E-state index contributed by atoms with van der Waals surface area (Å²) in [5, 5.41) is 15.1. The molecule has 0 saturated heterocycles. The Morgan fingerprint density at radius 1 is 0.968 bits per heavy atom. The van der Waals surface area contributed by atoms with E-state index in [4.69, 9.17) is 9.47 Å². The van der Waals surface area contributed by atoms with Crippen molar-refractivity contribution in [2.75, 3.05) is 18.2 Å². The number of carbonyl (C=O) groups is 1. The van der Waals surface area contributed by atoms with E-state index in [2.05, 4.69) is 20.8 Å². The maximum absolute atomic E-state index is 12.4. The van der Waals surface area contributed by atoms with E-state index in [1.54, 1.807) is 36.1 Å². The number of amides is 1. The first kappa shape index (κ1) is 20.4. The van der Waals surface area contributed by atoms with Crippen molar-refractivity contribution in [3.63, 3.8) is 0 Å². The number of para-hydroxylation sites is 1. The van der Waals surface area contributed by atoms with Crippen LogP contribution in [0.4, 0.5) is 5.69 Å². The molecule has 1 amide bonds. The van der Waals surface area contributed by atoms with E-state index >= 15 is 0 Å². The number of hydrogen-bond donors (Lipinski definition) is 1. The molecule has 1 aromatic heterocycles. The molecule has 0 saturated carbocycles. The Labute approximate surface area is 183 Å². The molecule has 3 aromatic carbocycles. The van der Waals surface area contributed by atoms with Crippen molar-refractivity contribution in [3.8, 4) is 22.9 Å². The Morgan fingerprint density at radius 2 is 1.71 bits per heavy atom. The van der Waals surface area contributed by atoms with Crippen LogP contribution >= 0.6 is 11.8 Å². The van der Waals surface area contributed by atoms with Crippen LogP contribution in [0.5, 0.6) is 17.2 Å². The van der Waals surface area contributed by atoms with Crippen molar-refractivity contribution >= 4 is 23.4 Å². The molecule has 0 aliphatic heterocycles. The van der Waals surface area contributed by atoms with Crippen LogP contribution in [0.2, 0.25) is 0 Å². The van der Waals surface area contributed by atoms with Crippen LogP contribution in [-0.2, 0) is 4.79 Å². The summed E-state index contributed by atoms with van der Waals surface area (Å²) < 4.78 is 12.6. The molecule has 8 nitrogen and oxygen atoms in total. The average Bonchev–Trinajstić information content (AvgIpc) is 3.28. The van der Waals surface area contributed by atoms with Crippen molar-refractivity contribution in [1.82, 2.24) is 20.2 Å². The smallest absolute Gasteiger partial charge is 0.234 e. The molecule has 0 unspecified atom stereocenters. The van der Waals surface area contributed by atoms with Crippen LogP contribution in [0.25, 0.3) is 5.69 Å². The molecule has 9 heteroatoms. The van der Waals surface area contributed by atoms with Gasteiger partial charge in [0.2, 0.25) is 11.1 Å². The zero-order chi connectivity index (χ0) is 21.5. The Kier molecular flexibility index (Phi) is 6.44. The van der Waals surface area contributed by atoms with Crippen molar-refractivity contribution < 1.29 is 14.3 Å². The molecule has 0 atom stereocenters. The summed E-state index contributed by atoms with van der Waals surface area (Å²) in [5.41, 5.74) is 1.43. The third kappa shape index (κ3) is 5.40. The van der Waals surface area contributed by atoms with Gasteiger partial charge in [-0.25, -0.2) is 0 Å². The highest BCUT2D eigenvalue weighted by Gasteiger charge is 2.12. The van der Waals surface area contributed by atoms with Gasteiger partial charge in [0.1, 0.15) is 17.2 Å². The molecule has 0 fully saturated rings. The quantitative estimate of drug-likeness (QED) is 0.417. The second-order valence-electron chi connectivity index (χ2n) is 6.35. The predicted molar refractivity (Wildman–Crippen MR) is 118 cm³/mol. The zero-order valence-electron chi connectivity index (χ0n) is 16.6. The normalized spacial score (nSPS) is 10.5. The third-order valence-corrected chi connectivity index (χ3v) is 5.11. The number of rotatable bonds is 8. The van der Waals surface area contributed by atoms with Crippen LogP contribution in [0, 0.1) is 0 Å². The van der Waals surface area contributed by atoms with Gasteiger partial charge in [-0.1, -0.05) is 36.0 Å². The lowest BCUT2D eigenvalue weighted by molar-refractivity contribution is -0.113. The second kappa shape index (κ2) is 9.77. The number of hydrogen-bond acceptors (Lipinski definition) is 7. The molecule has 31 heavy (non-hydrogen) atoms.